The third-order valence-electron chi connectivity index (χ3n) is 5.53. The average molecular weight is 466 g/mol. The molecule has 32 heavy (non-hydrogen) atoms. The van der Waals surface area contributed by atoms with Gasteiger partial charge in [-0.15, -0.1) is 0 Å². The Labute approximate surface area is 197 Å². The lowest BCUT2D eigenvalue weighted by atomic mass is 9.96. The lowest BCUT2D eigenvalue weighted by Crippen LogP contribution is -2.40. The number of carbonyl (C=O) groups excluding carboxylic acids is 1. The van der Waals surface area contributed by atoms with Gasteiger partial charge in [0.25, 0.3) is 0 Å². The molecule has 0 unspecified atom stereocenters. The smallest absolute Gasteiger partial charge is 0.345 e. The van der Waals surface area contributed by atoms with Gasteiger partial charge in [0.2, 0.25) is 0 Å². The molecule has 1 aliphatic carbocycles. The van der Waals surface area contributed by atoms with Crippen molar-refractivity contribution in [1.82, 2.24) is 10.7 Å². The van der Waals surface area contributed by atoms with Crippen LogP contribution in [0.3, 0.4) is 0 Å². The first-order valence-corrected chi connectivity index (χ1v) is 11.5. The maximum absolute atomic E-state index is 12.7. The van der Waals surface area contributed by atoms with E-state index >= 15 is 0 Å². The molecule has 0 atom stereocenters. The molecule has 1 saturated carbocycles. The summed E-state index contributed by atoms with van der Waals surface area (Å²) in [5.74, 6) is -0.131. The fourth-order valence-corrected chi connectivity index (χ4v) is 4.33. The number of thiocarbonyl (C=S) groups is 1. The number of nitrogens with zero attached hydrogens (tertiary/aromatic N) is 1. The number of hydrogen-bond acceptors (Lipinski definition) is 4. The SMILES string of the molecule is O=C(Oc1ccc2ccccc2c1C=NNC(=S)NC1CCCCC1)c1ccccc1Cl. The fourth-order valence-electron chi connectivity index (χ4n) is 3.90. The van der Waals surface area contributed by atoms with Crippen LogP contribution >= 0.6 is 23.8 Å². The number of benzene rings is 3. The molecule has 0 saturated heterocycles. The van der Waals surface area contributed by atoms with Gasteiger partial charge in [0.05, 0.1) is 16.8 Å². The maximum atomic E-state index is 12.7. The summed E-state index contributed by atoms with van der Waals surface area (Å²) in [6.45, 7) is 0. The Bertz CT molecular complexity index is 1160. The first-order valence-electron chi connectivity index (χ1n) is 10.7. The summed E-state index contributed by atoms with van der Waals surface area (Å²) >= 11 is 11.6. The second-order valence-corrected chi connectivity index (χ2v) is 8.56. The number of halogens is 1. The minimum Gasteiger partial charge on any atom is -0.422 e. The van der Waals surface area contributed by atoms with Crippen molar-refractivity contribution in [2.24, 2.45) is 5.10 Å². The van der Waals surface area contributed by atoms with Crippen LogP contribution in [0.4, 0.5) is 0 Å². The number of carbonyl (C=O) groups is 1. The van der Waals surface area contributed by atoms with Crippen molar-refractivity contribution in [2.75, 3.05) is 0 Å². The minimum atomic E-state index is -0.525. The van der Waals surface area contributed by atoms with Gasteiger partial charge in [0.1, 0.15) is 5.75 Å². The summed E-state index contributed by atoms with van der Waals surface area (Å²) in [5.41, 5.74) is 3.88. The number of hydrogen-bond donors (Lipinski definition) is 2. The van der Waals surface area contributed by atoms with Gasteiger partial charge in [-0.05, 0) is 54.0 Å². The second kappa shape index (κ2) is 10.6. The van der Waals surface area contributed by atoms with E-state index in [4.69, 9.17) is 28.6 Å². The first kappa shape index (κ1) is 22.2. The molecule has 4 rings (SSSR count). The van der Waals surface area contributed by atoms with E-state index in [1.165, 1.54) is 19.3 Å². The highest BCUT2D eigenvalue weighted by atomic mass is 35.5. The van der Waals surface area contributed by atoms with Gasteiger partial charge in [-0.1, -0.05) is 73.3 Å². The van der Waals surface area contributed by atoms with Crippen LogP contribution in [0.25, 0.3) is 10.8 Å². The largest absolute Gasteiger partial charge is 0.422 e. The standard InChI is InChI=1S/C25H24ClN3O2S/c26-22-13-7-6-12-20(22)24(30)31-23-15-14-17-8-4-5-11-19(17)21(23)16-27-29-25(32)28-18-9-2-1-3-10-18/h4-8,11-16,18H,1-3,9-10H2,(H2,28,29,32). The Morgan fingerprint density at radius 2 is 1.78 bits per heavy atom. The summed E-state index contributed by atoms with van der Waals surface area (Å²) in [5, 5.41) is 10.4. The molecule has 2 N–H and O–H groups in total. The van der Waals surface area contributed by atoms with Gasteiger partial charge in [-0.3, -0.25) is 5.43 Å². The number of nitrogens with one attached hydrogen (secondary N) is 2. The monoisotopic (exact) mass is 465 g/mol. The zero-order valence-corrected chi connectivity index (χ0v) is 19.1. The Morgan fingerprint density at radius 3 is 2.59 bits per heavy atom. The number of esters is 1. The third kappa shape index (κ3) is 5.44. The van der Waals surface area contributed by atoms with Crippen LogP contribution in [0, 0.1) is 0 Å². The number of hydrazone groups is 1. The molecule has 3 aromatic carbocycles. The highest BCUT2D eigenvalue weighted by molar-refractivity contribution is 7.80. The van der Waals surface area contributed by atoms with Gasteiger partial charge in [-0.25, -0.2) is 4.79 Å². The number of fused-ring (bicyclic) bond motifs is 1. The van der Waals surface area contributed by atoms with E-state index in [9.17, 15) is 4.79 Å². The van der Waals surface area contributed by atoms with E-state index in [0.29, 0.717) is 33.1 Å². The quantitative estimate of drug-likeness (QED) is 0.163. The summed E-state index contributed by atoms with van der Waals surface area (Å²) in [4.78, 5) is 12.7. The van der Waals surface area contributed by atoms with Gasteiger partial charge >= 0.3 is 5.97 Å². The fraction of sp³-hybridized carbons (Fsp3) is 0.240. The molecule has 164 valence electrons. The van der Waals surface area contributed by atoms with Gasteiger partial charge in [0, 0.05) is 11.6 Å². The van der Waals surface area contributed by atoms with Gasteiger partial charge < -0.3 is 10.1 Å². The average Bonchev–Trinajstić information content (AvgIpc) is 2.81. The highest BCUT2D eigenvalue weighted by Gasteiger charge is 2.16. The number of ether oxygens (including phenoxy) is 1. The van der Waals surface area contributed by atoms with E-state index in [-0.39, 0.29) is 0 Å². The molecular formula is C25H24ClN3O2S. The lowest BCUT2D eigenvalue weighted by Gasteiger charge is -2.23. The van der Waals surface area contributed by atoms with Crippen LogP contribution in [0.15, 0.2) is 65.8 Å². The Kier molecular flexibility index (Phi) is 7.35. The number of rotatable bonds is 5. The third-order valence-corrected chi connectivity index (χ3v) is 6.07. The molecule has 5 nitrogen and oxygen atoms in total. The minimum absolute atomic E-state index is 0.307. The van der Waals surface area contributed by atoms with E-state index in [1.807, 2.05) is 30.3 Å². The van der Waals surface area contributed by atoms with Crippen LogP contribution in [0.5, 0.6) is 5.75 Å². The molecule has 0 spiro atoms. The molecule has 0 heterocycles. The van der Waals surface area contributed by atoms with Crippen molar-refractivity contribution < 1.29 is 9.53 Å². The van der Waals surface area contributed by atoms with Crippen molar-refractivity contribution >= 4 is 51.9 Å². The van der Waals surface area contributed by atoms with Crippen LogP contribution < -0.4 is 15.5 Å². The Morgan fingerprint density at radius 1 is 1.03 bits per heavy atom. The first-order chi connectivity index (χ1) is 15.6. The van der Waals surface area contributed by atoms with Crippen LogP contribution in [0.2, 0.25) is 5.02 Å². The molecule has 3 aromatic rings. The van der Waals surface area contributed by atoms with E-state index in [1.54, 1.807) is 36.5 Å². The second-order valence-electron chi connectivity index (χ2n) is 7.75. The molecular weight excluding hydrogens is 442 g/mol. The molecule has 7 heteroatoms. The van der Waals surface area contributed by atoms with Gasteiger partial charge in [-0.2, -0.15) is 5.10 Å². The molecule has 1 fully saturated rings. The van der Waals surface area contributed by atoms with Crippen molar-refractivity contribution in [3.8, 4) is 5.75 Å². The summed E-state index contributed by atoms with van der Waals surface area (Å²) < 4.78 is 5.71. The molecule has 0 bridgehead atoms. The highest BCUT2D eigenvalue weighted by Crippen LogP contribution is 2.28. The molecule has 0 aromatic heterocycles. The van der Waals surface area contributed by atoms with Crippen molar-refractivity contribution in [2.45, 2.75) is 38.1 Å². The van der Waals surface area contributed by atoms with Crippen molar-refractivity contribution in [3.05, 3.63) is 76.8 Å². The molecule has 0 amide bonds. The zero-order chi connectivity index (χ0) is 22.3. The van der Waals surface area contributed by atoms with Crippen molar-refractivity contribution in [3.63, 3.8) is 0 Å². The molecule has 1 aliphatic rings. The predicted molar refractivity (Wildman–Crippen MR) is 134 cm³/mol. The summed E-state index contributed by atoms with van der Waals surface area (Å²) in [6.07, 6.45) is 7.60. The molecule has 0 aliphatic heterocycles. The zero-order valence-electron chi connectivity index (χ0n) is 17.5. The van der Waals surface area contributed by atoms with Crippen LogP contribution in [-0.4, -0.2) is 23.3 Å². The summed E-state index contributed by atoms with van der Waals surface area (Å²) in [7, 11) is 0. The summed E-state index contributed by atoms with van der Waals surface area (Å²) in [6, 6.07) is 18.7. The van der Waals surface area contributed by atoms with Crippen molar-refractivity contribution in [1.29, 1.82) is 0 Å². The Hall–Kier alpha value is -2.96. The molecule has 0 radical (unpaired) electrons. The normalized spacial score (nSPS) is 14.4. The van der Waals surface area contributed by atoms with Gasteiger partial charge in [0.15, 0.2) is 5.11 Å². The topological polar surface area (TPSA) is 62.7 Å². The lowest BCUT2D eigenvalue weighted by molar-refractivity contribution is 0.0735. The Balaban J connectivity index is 1.55. The van der Waals surface area contributed by atoms with E-state index in [0.717, 1.165) is 23.6 Å². The van der Waals surface area contributed by atoms with E-state index < -0.39 is 5.97 Å². The van der Waals surface area contributed by atoms with E-state index in [2.05, 4.69) is 15.8 Å². The maximum Gasteiger partial charge on any atom is 0.345 e. The van der Waals surface area contributed by atoms with Crippen LogP contribution in [0.1, 0.15) is 48.0 Å². The van der Waals surface area contributed by atoms with Crippen LogP contribution in [-0.2, 0) is 0 Å². The predicted octanol–water partition coefficient (Wildman–Crippen LogP) is 5.84.